The van der Waals surface area contributed by atoms with Gasteiger partial charge in [0.2, 0.25) is 0 Å². The summed E-state index contributed by atoms with van der Waals surface area (Å²) in [6.07, 6.45) is 0. The van der Waals surface area contributed by atoms with E-state index in [9.17, 15) is 4.39 Å². The SMILES string of the molecule is Fc1cc(Cl)cc(B2OCCO2)c1. The summed E-state index contributed by atoms with van der Waals surface area (Å²) in [5.41, 5.74) is 0.627. The maximum absolute atomic E-state index is 12.9. The predicted octanol–water partition coefficient (Wildman–Crippen LogP) is 1.22. The second-order valence-electron chi connectivity index (χ2n) is 2.78. The van der Waals surface area contributed by atoms with Gasteiger partial charge in [-0.2, -0.15) is 0 Å². The van der Waals surface area contributed by atoms with Crippen LogP contribution in [0.15, 0.2) is 18.2 Å². The van der Waals surface area contributed by atoms with E-state index in [1.807, 2.05) is 0 Å². The van der Waals surface area contributed by atoms with Crippen LogP contribution in [0.25, 0.3) is 0 Å². The maximum atomic E-state index is 12.9. The molecule has 0 aliphatic carbocycles. The van der Waals surface area contributed by atoms with Gasteiger partial charge in [-0.25, -0.2) is 4.39 Å². The quantitative estimate of drug-likeness (QED) is 0.635. The van der Waals surface area contributed by atoms with Gasteiger partial charge < -0.3 is 9.31 Å². The van der Waals surface area contributed by atoms with Crippen molar-refractivity contribution in [1.29, 1.82) is 0 Å². The van der Waals surface area contributed by atoms with E-state index in [4.69, 9.17) is 20.9 Å². The van der Waals surface area contributed by atoms with E-state index < -0.39 is 7.12 Å². The predicted molar refractivity (Wildman–Crippen MR) is 48.7 cm³/mol. The Morgan fingerprint density at radius 2 is 1.92 bits per heavy atom. The fourth-order valence-electron chi connectivity index (χ4n) is 1.26. The van der Waals surface area contributed by atoms with Crippen LogP contribution in [0.2, 0.25) is 5.02 Å². The van der Waals surface area contributed by atoms with Crippen molar-refractivity contribution in [2.45, 2.75) is 0 Å². The Kier molecular flexibility index (Phi) is 2.53. The molecule has 0 atom stereocenters. The highest BCUT2D eigenvalue weighted by Crippen LogP contribution is 2.10. The molecule has 1 aromatic rings. The zero-order valence-corrected chi connectivity index (χ0v) is 7.55. The minimum Gasteiger partial charge on any atom is -0.405 e. The molecule has 0 amide bonds. The molecule has 5 heteroatoms. The lowest BCUT2D eigenvalue weighted by Crippen LogP contribution is -2.31. The maximum Gasteiger partial charge on any atom is 0.494 e. The van der Waals surface area contributed by atoms with Crippen molar-refractivity contribution < 1.29 is 13.7 Å². The first-order valence-corrected chi connectivity index (χ1v) is 4.33. The molecule has 1 aromatic carbocycles. The summed E-state index contributed by atoms with van der Waals surface area (Å²) >= 11 is 5.68. The van der Waals surface area contributed by atoms with E-state index in [-0.39, 0.29) is 5.82 Å². The van der Waals surface area contributed by atoms with E-state index in [0.29, 0.717) is 23.7 Å². The highest BCUT2D eigenvalue weighted by Gasteiger charge is 2.26. The molecular formula is C8H7BClFO2. The topological polar surface area (TPSA) is 18.5 Å². The molecule has 0 N–H and O–H groups in total. The third kappa shape index (κ3) is 2.02. The molecule has 1 heterocycles. The van der Waals surface area contributed by atoms with Gasteiger partial charge in [0, 0.05) is 5.02 Å². The van der Waals surface area contributed by atoms with Crippen molar-refractivity contribution in [3.05, 3.63) is 29.0 Å². The Bertz CT molecular complexity index is 295. The third-order valence-electron chi connectivity index (χ3n) is 1.78. The molecule has 1 saturated heterocycles. The third-order valence-corrected chi connectivity index (χ3v) is 2.00. The summed E-state index contributed by atoms with van der Waals surface area (Å²) < 4.78 is 23.3. The van der Waals surface area contributed by atoms with Crippen LogP contribution in [0.5, 0.6) is 0 Å². The number of rotatable bonds is 1. The highest BCUT2D eigenvalue weighted by atomic mass is 35.5. The van der Waals surface area contributed by atoms with Crippen LogP contribution >= 0.6 is 11.6 Å². The lowest BCUT2D eigenvalue weighted by atomic mass is 9.79. The van der Waals surface area contributed by atoms with Crippen molar-refractivity contribution in [3.63, 3.8) is 0 Å². The Morgan fingerprint density at radius 1 is 1.23 bits per heavy atom. The second-order valence-corrected chi connectivity index (χ2v) is 3.21. The van der Waals surface area contributed by atoms with Gasteiger partial charge in [-0.15, -0.1) is 0 Å². The lowest BCUT2D eigenvalue weighted by Gasteiger charge is -2.04. The normalized spacial score (nSPS) is 16.6. The first-order chi connectivity index (χ1) is 6.25. The molecule has 0 unspecified atom stereocenters. The van der Waals surface area contributed by atoms with Crippen molar-refractivity contribution in [1.82, 2.24) is 0 Å². The molecule has 68 valence electrons. The minimum absolute atomic E-state index is 0.356. The molecule has 0 radical (unpaired) electrons. The van der Waals surface area contributed by atoms with E-state index in [0.717, 1.165) is 0 Å². The number of benzene rings is 1. The average Bonchev–Trinajstić information content (AvgIpc) is 2.53. The Balaban J connectivity index is 2.28. The largest absolute Gasteiger partial charge is 0.494 e. The molecule has 0 bridgehead atoms. The number of hydrogen-bond donors (Lipinski definition) is 0. The van der Waals surface area contributed by atoms with Crippen LogP contribution in [0.4, 0.5) is 4.39 Å². The first-order valence-electron chi connectivity index (χ1n) is 3.95. The number of hydrogen-bond acceptors (Lipinski definition) is 2. The van der Waals surface area contributed by atoms with Gasteiger partial charge in [0.1, 0.15) is 5.82 Å². The zero-order chi connectivity index (χ0) is 9.26. The first kappa shape index (κ1) is 9.00. The van der Waals surface area contributed by atoms with Crippen LogP contribution in [0.1, 0.15) is 0 Å². The summed E-state index contributed by atoms with van der Waals surface area (Å²) in [6.45, 7) is 1.08. The van der Waals surface area contributed by atoms with Gasteiger partial charge in [0.25, 0.3) is 0 Å². The molecule has 2 rings (SSSR count). The Morgan fingerprint density at radius 3 is 2.54 bits per heavy atom. The fraction of sp³-hybridized carbons (Fsp3) is 0.250. The van der Waals surface area contributed by atoms with E-state index in [1.54, 1.807) is 6.07 Å². The van der Waals surface area contributed by atoms with E-state index in [1.165, 1.54) is 12.1 Å². The van der Waals surface area contributed by atoms with Gasteiger partial charge in [0.15, 0.2) is 0 Å². The van der Waals surface area contributed by atoms with Gasteiger partial charge >= 0.3 is 7.12 Å². The van der Waals surface area contributed by atoms with Gasteiger partial charge in [-0.3, -0.25) is 0 Å². The summed E-state index contributed by atoms with van der Waals surface area (Å²) in [5, 5.41) is 0.356. The smallest absolute Gasteiger partial charge is 0.405 e. The van der Waals surface area contributed by atoms with Gasteiger partial charge in [-0.1, -0.05) is 11.6 Å². The lowest BCUT2D eigenvalue weighted by molar-refractivity contribution is 0.365. The molecule has 0 aromatic heterocycles. The molecule has 1 aliphatic heterocycles. The average molecular weight is 200 g/mol. The molecule has 0 saturated carbocycles. The van der Waals surface area contributed by atoms with Gasteiger partial charge in [-0.05, 0) is 23.7 Å². The second kappa shape index (κ2) is 3.66. The van der Waals surface area contributed by atoms with Crippen LogP contribution in [0.3, 0.4) is 0 Å². The van der Waals surface area contributed by atoms with Crippen LogP contribution in [-0.2, 0) is 9.31 Å². The molecule has 13 heavy (non-hydrogen) atoms. The van der Waals surface area contributed by atoms with Crippen molar-refractivity contribution in [2.24, 2.45) is 0 Å². The molecule has 0 spiro atoms. The van der Waals surface area contributed by atoms with Crippen molar-refractivity contribution in [2.75, 3.05) is 13.2 Å². The van der Waals surface area contributed by atoms with Crippen molar-refractivity contribution >= 4 is 24.2 Å². The van der Waals surface area contributed by atoms with E-state index >= 15 is 0 Å². The highest BCUT2D eigenvalue weighted by molar-refractivity contribution is 6.62. The van der Waals surface area contributed by atoms with Crippen LogP contribution in [-0.4, -0.2) is 20.3 Å². The van der Waals surface area contributed by atoms with E-state index in [2.05, 4.69) is 0 Å². The summed E-state index contributed by atoms with van der Waals surface area (Å²) in [5.74, 6) is -0.374. The van der Waals surface area contributed by atoms with Crippen LogP contribution < -0.4 is 5.46 Å². The molecule has 2 nitrogen and oxygen atoms in total. The molecule has 1 fully saturated rings. The minimum atomic E-state index is -0.465. The standard InChI is InChI=1S/C8H7BClFO2/c10-7-3-6(4-8(11)5-7)9-12-1-2-13-9/h3-5H,1-2H2. The fourth-order valence-corrected chi connectivity index (χ4v) is 1.49. The van der Waals surface area contributed by atoms with Gasteiger partial charge in [0.05, 0.1) is 13.2 Å². The van der Waals surface area contributed by atoms with Crippen molar-refractivity contribution in [3.8, 4) is 0 Å². The number of halogens is 2. The summed E-state index contributed by atoms with van der Waals surface area (Å²) in [6, 6.07) is 4.25. The van der Waals surface area contributed by atoms with Crippen LogP contribution in [0, 0.1) is 5.82 Å². The zero-order valence-electron chi connectivity index (χ0n) is 6.80. The monoisotopic (exact) mass is 200 g/mol. The summed E-state index contributed by atoms with van der Waals surface area (Å²) in [4.78, 5) is 0. The Hall–Kier alpha value is -0.575. The molecular weight excluding hydrogens is 193 g/mol. The summed E-state index contributed by atoms with van der Waals surface area (Å²) in [7, 11) is -0.465. The molecule has 1 aliphatic rings. The Labute approximate surface area is 80.7 Å².